The number of rotatable bonds is 13. The van der Waals surface area contributed by atoms with Gasteiger partial charge in [-0.05, 0) is 62.2 Å². The third kappa shape index (κ3) is 8.06. The van der Waals surface area contributed by atoms with E-state index in [0.717, 1.165) is 51.4 Å². The molecule has 12 heteroatoms. The minimum absolute atomic E-state index is 0.0169. The maximum atomic E-state index is 14.6. The Hall–Kier alpha value is -3.41. The SMILES string of the molecule is CCC[C@H](NC(=O)[C@@H]1[C@H]2CCC[C@H]2CN1C(=O)[C@@H](NC(=O)C1(CC(=O)c2cnccn2)CCCCC1)C(C)(C)C)C(O)C(=O)NC1CC1. The zero-order valence-electron chi connectivity index (χ0n) is 29.0. The van der Waals surface area contributed by atoms with Gasteiger partial charge in [0.15, 0.2) is 11.9 Å². The van der Waals surface area contributed by atoms with Gasteiger partial charge in [-0.2, -0.15) is 0 Å². The standard InChI is InChI=1S/C36H54N6O6/c1-5-10-25(29(44)32(46)39-23-13-14-23)40-31(45)28-24-12-9-11-22(24)21-42(28)33(47)30(35(2,3)4)41-34(48)36(15-7-6-8-16-36)19-27(43)26-20-37-17-18-38-26/h17-18,20,22-25,28-30,44H,5-16,19,21H2,1-4H3,(H,39,46)(H,40,45)(H,41,48)/t22-,24-,25-,28-,29?,30+/m0/s1. The molecule has 4 fully saturated rings. The lowest BCUT2D eigenvalue weighted by Crippen LogP contribution is -2.61. The van der Waals surface area contributed by atoms with E-state index in [1.54, 1.807) is 4.90 Å². The van der Waals surface area contributed by atoms with Gasteiger partial charge in [0.25, 0.3) is 5.91 Å². The third-order valence-electron chi connectivity index (χ3n) is 11.0. The largest absolute Gasteiger partial charge is 0.381 e. The Morgan fingerprint density at radius 2 is 1.73 bits per heavy atom. The molecule has 0 spiro atoms. The lowest BCUT2D eigenvalue weighted by Gasteiger charge is -2.40. The van der Waals surface area contributed by atoms with Crippen LogP contribution in [0.4, 0.5) is 0 Å². The number of carbonyl (C=O) groups is 5. The van der Waals surface area contributed by atoms with Crippen LogP contribution in [-0.4, -0.2) is 86.2 Å². The molecule has 6 atom stereocenters. The number of nitrogens with zero attached hydrogens (tertiary/aromatic N) is 3. The number of Topliss-reactive ketones (excluding diaryl/α,β-unsaturated/α-hetero) is 1. The summed E-state index contributed by atoms with van der Waals surface area (Å²) < 4.78 is 0. The summed E-state index contributed by atoms with van der Waals surface area (Å²) in [6.45, 7) is 8.02. The van der Waals surface area contributed by atoms with Crippen LogP contribution in [0.2, 0.25) is 0 Å². The van der Waals surface area contributed by atoms with E-state index in [0.29, 0.717) is 32.2 Å². The van der Waals surface area contributed by atoms with Gasteiger partial charge in [0.1, 0.15) is 17.8 Å². The number of aliphatic hydroxyl groups excluding tert-OH is 1. The Kier molecular flexibility index (Phi) is 11.2. The molecule has 5 rings (SSSR count). The van der Waals surface area contributed by atoms with E-state index >= 15 is 0 Å². The molecule has 2 heterocycles. The molecule has 4 amide bonds. The first-order valence-corrected chi connectivity index (χ1v) is 18.0. The molecule has 4 aliphatic rings. The number of nitrogens with one attached hydrogen (secondary N) is 3. The van der Waals surface area contributed by atoms with E-state index in [-0.39, 0.29) is 53.5 Å². The highest BCUT2D eigenvalue weighted by molar-refractivity contribution is 6.00. The molecule has 1 saturated heterocycles. The van der Waals surface area contributed by atoms with Gasteiger partial charge in [0.2, 0.25) is 17.7 Å². The molecular formula is C36H54N6O6. The Balaban J connectivity index is 1.36. The van der Waals surface area contributed by atoms with Crippen LogP contribution in [0.3, 0.4) is 0 Å². The predicted molar refractivity (Wildman–Crippen MR) is 178 cm³/mol. The molecule has 1 aromatic rings. The first-order valence-electron chi connectivity index (χ1n) is 18.0. The molecule has 4 N–H and O–H groups in total. The van der Waals surface area contributed by atoms with Crippen molar-refractivity contribution in [2.24, 2.45) is 22.7 Å². The van der Waals surface area contributed by atoms with E-state index in [2.05, 4.69) is 25.9 Å². The van der Waals surface area contributed by atoms with E-state index in [9.17, 15) is 29.1 Å². The molecule has 48 heavy (non-hydrogen) atoms. The van der Waals surface area contributed by atoms with E-state index < -0.39 is 41.0 Å². The summed E-state index contributed by atoms with van der Waals surface area (Å²) in [5, 5.41) is 19.8. The molecule has 12 nitrogen and oxygen atoms in total. The average Bonchev–Trinajstić information content (AvgIpc) is 3.63. The lowest BCUT2D eigenvalue weighted by molar-refractivity contribution is -0.147. The Morgan fingerprint density at radius 1 is 1.00 bits per heavy atom. The lowest BCUT2D eigenvalue weighted by atomic mass is 9.69. The van der Waals surface area contributed by atoms with Gasteiger partial charge >= 0.3 is 0 Å². The first kappa shape index (κ1) is 35.9. The number of aromatic nitrogens is 2. The van der Waals surface area contributed by atoms with Crippen molar-refractivity contribution in [3.8, 4) is 0 Å². The summed E-state index contributed by atoms with van der Waals surface area (Å²) in [5.74, 6) is -1.64. The Morgan fingerprint density at radius 3 is 2.35 bits per heavy atom. The maximum absolute atomic E-state index is 14.6. The molecule has 1 unspecified atom stereocenters. The monoisotopic (exact) mass is 666 g/mol. The van der Waals surface area contributed by atoms with Crippen LogP contribution < -0.4 is 16.0 Å². The van der Waals surface area contributed by atoms with Crippen molar-refractivity contribution in [3.63, 3.8) is 0 Å². The third-order valence-corrected chi connectivity index (χ3v) is 11.0. The zero-order chi connectivity index (χ0) is 34.6. The fraction of sp³-hybridized carbons (Fsp3) is 0.750. The summed E-state index contributed by atoms with van der Waals surface area (Å²) in [5.41, 5.74) is -1.45. The van der Waals surface area contributed by atoms with Gasteiger partial charge in [-0.1, -0.05) is 59.8 Å². The van der Waals surface area contributed by atoms with Crippen LogP contribution >= 0.6 is 0 Å². The number of fused-ring (bicyclic) bond motifs is 1. The number of hydrogen-bond acceptors (Lipinski definition) is 8. The average molecular weight is 667 g/mol. The zero-order valence-corrected chi connectivity index (χ0v) is 29.0. The molecule has 3 saturated carbocycles. The van der Waals surface area contributed by atoms with Gasteiger partial charge in [0.05, 0.1) is 17.7 Å². The molecule has 264 valence electrons. The number of aliphatic hydroxyl groups is 1. The van der Waals surface area contributed by atoms with Crippen LogP contribution in [0.15, 0.2) is 18.6 Å². The van der Waals surface area contributed by atoms with Crippen LogP contribution in [0, 0.1) is 22.7 Å². The van der Waals surface area contributed by atoms with Gasteiger partial charge < -0.3 is 26.0 Å². The normalized spacial score (nSPS) is 25.4. The first-order chi connectivity index (χ1) is 22.8. The van der Waals surface area contributed by atoms with Crippen LogP contribution in [0.1, 0.15) is 122 Å². The van der Waals surface area contributed by atoms with Gasteiger partial charge in [-0.3, -0.25) is 29.0 Å². The van der Waals surface area contributed by atoms with Crippen LogP contribution in [0.25, 0.3) is 0 Å². The van der Waals surface area contributed by atoms with Crippen molar-refractivity contribution in [2.75, 3.05) is 6.54 Å². The molecule has 0 radical (unpaired) electrons. The predicted octanol–water partition coefficient (Wildman–Crippen LogP) is 3.08. The second-order valence-corrected chi connectivity index (χ2v) is 15.7. The molecule has 3 aliphatic carbocycles. The number of hydrogen-bond donors (Lipinski definition) is 4. The fourth-order valence-electron chi connectivity index (χ4n) is 8.11. The molecule has 0 aromatic carbocycles. The van der Waals surface area contributed by atoms with Gasteiger partial charge in [0, 0.05) is 31.4 Å². The molecular weight excluding hydrogens is 612 g/mol. The van der Waals surface area contributed by atoms with E-state index in [1.165, 1.54) is 18.6 Å². The number of ketones is 1. The summed E-state index contributed by atoms with van der Waals surface area (Å²) in [4.78, 5) is 78.9. The van der Waals surface area contributed by atoms with Crippen molar-refractivity contribution in [1.29, 1.82) is 0 Å². The number of carbonyl (C=O) groups excluding carboxylic acids is 5. The van der Waals surface area contributed by atoms with E-state index in [4.69, 9.17) is 0 Å². The summed E-state index contributed by atoms with van der Waals surface area (Å²) in [6, 6.07) is -2.41. The van der Waals surface area contributed by atoms with Crippen LogP contribution in [0.5, 0.6) is 0 Å². The highest BCUT2D eigenvalue weighted by Crippen LogP contribution is 2.44. The minimum Gasteiger partial charge on any atom is -0.381 e. The van der Waals surface area contributed by atoms with Crippen molar-refractivity contribution in [2.45, 2.75) is 141 Å². The van der Waals surface area contributed by atoms with Crippen LogP contribution in [-0.2, 0) is 19.2 Å². The number of amides is 4. The van der Waals surface area contributed by atoms with Crippen molar-refractivity contribution in [3.05, 3.63) is 24.3 Å². The Labute approximate surface area is 284 Å². The topological polar surface area (TPSA) is 171 Å². The van der Waals surface area contributed by atoms with Crippen molar-refractivity contribution in [1.82, 2.24) is 30.8 Å². The molecule has 1 aliphatic heterocycles. The Bertz CT molecular complexity index is 1340. The second kappa shape index (κ2) is 15.0. The van der Waals surface area contributed by atoms with E-state index in [1.807, 2.05) is 27.7 Å². The number of likely N-dealkylation sites (tertiary alicyclic amines) is 1. The summed E-state index contributed by atoms with van der Waals surface area (Å²) in [6.07, 6.45) is 12.1. The second-order valence-electron chi connectivity index (χ2n) is 15.7. The highest BCUT2D eigenvalue weighted by atomic mass is 16.3. The highest BCUT2D eigenvalue weighted by Gasteiger charge is 2.53. The van der Waals surface area contributed by atoms with Crippen molar-refractivity contribution >= 4 is 29.4 Å². The maximum Gasteiger partial charge on any atom is 0.251 e. The summed E-state index contributed by atoms with van der Waals surface area (Å²) >= 11 is 0. The van der Waals surface area contributed by atoms with Crippen molar-refractivity contribution < 1.29 is 29.1 Å². The summed E-state index contributed by atoms with van der Waals surface area (Å²) in [7, 11) is 0. The van der Waals surface area contributed by atoms with Gasteiger partial charge in [-0.25, -0.2) is 4.98 Å². The molecule has 1 aromatic heterocycles. The smallest absolute Gasteiger partial charge is 0.251 e. The van der Waals surface area contributed by atoms with Gasteiger partial charge in [-0.15, -0.1) is 0 Å². The fourth-order valence-corrected chi connectivity index (χ4v) is 8.11. The molecule has 0 bridgehead atoms. The minimum atomic E-state index is -1.39. The quantitative estimate of drug-likeness (QED) is 0.233.